The van der Waals surface area contributed by atoms with Gasteiger partial charge in [-0.15, -0.1) is 0 Å². The normalized spacial score (nSPS) is 14.5. The molecule has 1 saturated carbocycles. The summed E-state index contributed by atoms with van der Waals surface area (Å²) in [5.41, 5.74) is 4.03. The van der Waals surface area contributed by atoms with Crippen molar-refractivity contribution in [3.8, 4) is 0 Å². The monoisotopic (exact) mass is 252 g/mol. The quantitative estimate of drug-likeness (QED) is 0.798. The van der Waals surface area contributed by atoms with Gasteiger partial charge in [-0.05, 0) is 42.0 Å². The van der Waals surface area contributed by atoms with Crippen LogP contribution in [0.15, 0.2) is 48.7 Å². The number of benzene rings is 1. The summed E-state index contributed by atoms with van der Waals surface area (Å²) in [6.07, 6.45) is 5.59. The van der Waals surface area contributed by atoms with Gasteiger partial charge in [0.25, 0.3) is 0 Å². The maximum Gasteiger partial charge on any atom is 0.0416 e. The molecule has 3 rings (SSSR count). The highest BCUT2D eigenvalue weighted by atomic mass is 14.8. The average molecular weight is 252 g/mol. The van der Waals surface area contributed by atoms with E-state index < -0.39 is 0 Å². The Morgan fingerprint density at radius 1 is 1.05 bits per heavy atom. The van der Waals surface area contributed by atoms with Gasteiger partial charge in [-0.25, -0.2) is 0 Å². The van der Waals surface area contributed by atoms with E-state index >= 15 is 0 Å². The van der Waals surface area contributed by atoms with E-state index in [1.165, 1.54) is 24.0 Å². The van der Waals surface area contributed by atoms with Gasteiger partial charge in [0.1, 0.15) is 0 Å². The van der Waals surface area contributed by atoms with Crippen molar-refractivity contribution >= 4 is 0 Å². The molecule has 1 aromatic carbocycles. The average Bonchev–Trinajstić information content (AvgIpc) is 3.30. The molecule has 0 spiro atoms. The van der Waals surface area contributed by atoms with E-state index in [2.05, 4.69) is 40.6 Å². The lowest BCUT2D eigenvalue weighted by atomic mass is 10.1. The summed E-state index contributed by atoms with van der Waals surface area (Å²) >= 11 is 0. The smallest absolute Gasteiger partial charge is 0.0416 e. The number of rotatable bonds is 6. The third kappa shape index (κ3) is 3.65. The van der Waals surface area contributed by atoms with Crippen molar-refractivity contribution < 1.29 is 0 Å². The molecule has 1 aliphatic rings. The van der Waals surface area contributed by atoms with Gasteiger partial charge in [0.15, 0.2) is 0 Å². The Morgan fingerprint density at radius 2 is 1.89 bits per heavy atom. The van der Waals surface area contributed by atoms with Crippen LogP contribution in [0.4, 0.5) is 0 Å². The zero-order valence-corrected chi connectivity index (χ0v) is 11.2. The molecule has 19 heavy (non-hydrogen) atoms. The van der Waals surface area contributed by atoms with Crippen LogP contribution in [0.3, 0.4) is 0 Å². The van der Waals surface area contributed by atoms with Crippen molar-refractivity contribution in [1.82, 2.24) is 10.3 Å². The van der Waals surface area contributed by atoms with Gasteiger partial charge in [-0.3, -0.25) is 4.98 Å². The first kappa shape index (κ1) is 12.4. The highest BCUT2D eigenvalue weighted by molar-refractivity contribution is 5.27. The summed E-state index contributed by atoms with van der Waals surface area (Å²) in [5, 5.41) is 3.47. The molecular formula is C17H20N2. The van der Waals surface area contributed by atoms with Crippen molar-refractivity contribution in [2.24, 2.45) is 0 Å². The molecule has 2 aromatic rings. The summed E-state index contributed by atoms with van der Waals surface area (Å²) in [5.74, 6) is 0.853. The number of pyridine rings is 1. The van der Waals surface area contributed by atoms with E-state index in [4.69, 9.17) is 0 Å². The molecule has 0 unspecified atom stereocenters. The Kier molecular flexibility index (Phi) is 3.89. The lowest BCUT2D eigenvalue weighted by Crippen LogP contribution is -2.17. The highest BCUT2D eigenvalue weighted by Crippen LogP contribution is 2.39. The van der Waals surface area contributed by atoms with Gasteiger partial charge >= 0.3 is 0 Å². The molecule has 2 nitrogen and oxygen atoms in total. The van der Waals surface area contributed by atoms with Gasteiger partial charge < -0.3 is 5.32 Å². The maximum absolute atomic E-state index is 4.32. The summed E-state index contributed by atoms with van der Waals surface area (Å²) in [6.45, 7) is 1.92. The zero-order chi connectivity index (χ0) is 12.9. The van der Waals surface area contributed by atoms with Gasteiger partial charge in [0, 0.05) is 31.4 Å². The first-order valence-electron chi connectivity index (χ1n) is 7.11. The zero-order valence-electron chi connectivity index (χ0n) is 11.2. The fraction of sp³-hybridized carbons (Fsp3) is 0.353. The van der Waals surface area contributed by atoms with Gasteiger partial charge in [0.2, 0.25) is 0 Å². The minimum Gasteiger partial charge on any atom is -0.312 e. The van der Waals surface area contributed by atoms with Crippen molar-refractivity contribution in [3.63, 3.8) is 0 Å². The predicted octanol–water partition coefficient (Wildman–Crippen LogP) is 3.29. The van der Waals surface area contributed by atoms with E-state index in [-0.39, 0.29) is 0 Å². The van der Waals surface area contributed by atoms with Crippen LogP contribution < -0.4 is 5.32 Å². The second-order valence-electron chi connectivity index (χ2n) is 5.26. The molecule has 0 aliphatic heterocycles. The molecule has 1 fully saturated rings. The summed E-state index contributed by atoms with van der Waals surface area (Å²) < 4.78 is 0. The fourth-order valence-corrected chi connectivity index (χ4v) is 2.32. The van der Waals surface area contributed by atoms with Gasteiger partial charge in [0.05, 0.1) is 0 Å². The molecule has 0 amide bonds. The minimum atomic E-state index is 0.853. The minimum absolute atomic E-state index is 0.853. The Balaban J connectivity index is 1.42. The number of nitrogens with zero attached hydrogens (tertiary/aromatic N) is 1. The summed E-state index contributed by atoms with van der Waals surface area (Å²) in [6, 6.07) is 15.1. The molecular weight excluding hydrogens is 232 g/mol. The third-order valence-electron chi connectivity index (χ3n) is 3.64. The van der Waals surface area contributed by atoms with Crippen LogP contribution in [0.25, 0.3) is 0 Å². The van der Waals surface area contributed by atoms with E-state index in [0.29, 0.717) is 0 Å². The molecule has 0 atom stereocenters. The van der Waals surface area contributed by atoms with Crippen LogP contribution in [0.2, 0.25) is 0 Å². The summed E-state index contributed by atoms with van der Waals surface area (Å²) in [7, 11) is 0. The van der Waals surface area contributed by atoms with Crippen molar-refractivity contribution in [3.05, 3.63) is 65.5 Å². The van der Waals surface area contributed by atoms with Crippen molar-refractivity contribution in [1.29, 1.82) is 0 Å². The van der Waals surface area contributed by atoms with Crippen LogP contribution in [-0.2, 0) is 13.0 Å². The second kappa shape index (κ2) is 5.98. The van der Waals surface area contributed by atoms with E-state index in [9.17, 15) is 0 Å². The van der Waals surface area contributed by atoms with Gasteiger partial charge in [-0.2, -0.15) is 0 Å². The van der Waals surface area contributed by atoms with Crippen LogP contribution in [-0.4, -0.2) is 11.5 Å². The molecule has 0 bridgehead atoms. The standard InChI is InChI=1S/C17H20N2/c1-2-11-19-17(3-1)10-12-18-13-14-4-6-15(7-5-14)16-8-9-16/h1-7,11,16,18H,8-10,12-13H2. The molecule has 0 saturated heterocycles. The lowest BCUT2D eigenvalue weighted by Gasteiger charge is -2.06. The van der Waals surface area contributed by atoms with Crippen LogP contribution in [0.5, 0.6) is 0 Å². The molecule has 1 heterocycles. The van der Waals surface area contributed by atoms with Crippen molar-refractivity contribution in [2.75, 3.05) is 6.54 Å². The number of hydrogen-bond donors (Lipinski definition) is 1. The third-order valence-corrected chi connectivity index (χ3v) is 3.64. The Morgan fingerprint density at radius 3 is 2.58 bits per heavy atom. The Hall–Kier alpha value is -1.67. The molecule has 1 aliphatic carbocycles. The number of nitrogens with one attached hydrogen (secondary N) is 1. The lowest BCUT2D eigenvalue weighted by molar-refractivity contribution is 0.680. The summed E-state index contributed by atoms with van der Waals surface area (Å²) in [4.78, 5) is 4.32. The van der Waals surface area contributed by atoms with E-state index in [0.717, 1.165) is 31.1 Å². The second-order valence-corrected chi connectivity index (χ2v) is 5.26. The maximum atomic E-state index is 4.32. The van der Waals surface area contributed by atoms with Crippen molar-refractivity contribution in [2.45, 2.75) is 31.7 Å². The molecule has 2 heteroatoms. The Bertz CT molecular complexity index is 501. The first-order chi connectivity index (χ1) is 9.42. The van der Waals surface area contributed by atoms with Gasteiger partial charge in [-0.1, -0.05) is 30.3 Å². The predicted molar refractivity (Wildman–Crippen MR) is 78.1 cm³/mol. The largest absolute Gasteiger partial charge is 0.312 e. The number of hydrogen-bond acceptors (Lipinski definition) is 2. The first-order valence-corrected chi connectivity index (χ1v) is 7.11. The SMILES string of the molecule is c1ccc(CCNCc2ccc(C3CC3)cc2)nc1. The van der Waals surface area contributed by atoms with Crippen LogP contribution in [0.1, 0.15) is 35.6 Å². The molecule has 0 radical (unpaired) electrons. The fourth-order valence-electron chi connectivity index (χ4n) is 2.32. The van der Waals surface area contributed by atoms with Crippen LogP contribution in [0, 0.1) is 0 Å². The highest BCUT2D eigenvalue weighted by Gasteiger charge is 2.22. The van der Waals surface area contributed by atoms with E-state index in [1.807, 2.05) is 18.3 Å². The topological polar surface area (TPSA) is 24.9 Å². The Labute approximate surface area is 114 Å². The molecule has 1 N–H and O–H groups in total. The van der Waals surface area contributed by atoms with E-state index in [1.54, 1.807) is 0 Å². The van der Waals surface area contributed by atoms with Crippen LogP contribution >= 0.6 is 0 Å². The molecule has 98 valence electrons. The number of aromatic nitrogens is 1. The molecule has 1 aromatic heterocycles.